The number of rotatable bonds is 7. The molecular formula is C19H24N2O5S. The number of carbonyl (C=O) groups excluding carboxylic acids is 1. The maximum Gasteiger partial charge on any atom is 0.248 e. The summed E-state index contributed by atoms with van der Waals surface area (Å²) in [5.41, 5.74) is 1.73. The number of ether oxygens (including phenoxy) is 1. The van der Waals surface area contributed by atoms with Crippen LogP contribution >= 0.6 is 0 Å². The van der Waals surface area contributed by atoms with Crippen LogP contribution < -0.4 is 15.5 Å². The molecular weight excluding hydrogens is 368 g/mol. The molecule has 0 aliphatic heterocycles. The van der Waals surface area contributed by atoms with E-state index in [-0.39, 0.29) is 41.2 Å². The molecule has 2 bridgehead atoms. The molecule has 3 N–H and O–H groups in total. The zero-order valence-electron chi connectivity index (χ0n) is 15.1. The summed E-state index contributed by atoms with van der Waals surface area (Å²) in [6.45, 7) is 1.97. The molecule has 2 aliphatic carbocycles. The van der Waals surface area contributed by atoms with Crippen LogP contribution in [0.1, 0.15) is 26.2 Å². The molecule has 0 aromatic heterocycles. The number of hydroxylamine groups is 1. The van der Waals surface area contributed by atoms with Crippen LogP contribution in [-0.4, -0.2) is 38.1 Å². The SMILES string of the molecule is CC#CCOc1ccc(S(=O)(=O)CNC2C3CCC(C3)C2C(=O)NO)cc1. The van der Waals surface area contributed by atoms with E-state index in [1.54, 1.807) is 24.5 Å². The molecule has 2 aliphatic rings. The Balaban J connectivity index is 1.64. The number of carbonyl (C=O) groups is 1. The van der Waals surface area contributed by atoms with Crippen molar-refractivity contribution >= 4 is 15.7 Å². The first-order chi connectivity index (χ1) is 13.0. The normalized spacial score (nSPS) is 26.3. The molecule has 1 amide bonds. The predicted molar refractivity (Wildman–Crippen MR) is 98.6 cm³/mol. The fraction of sp³-hybridized carbons (Fsp3) is 0.526. The molecule has 8 heteroatoms. The smallest absolute Gasteiger partial charge is 0.248 e. The number of nitrogens with one attached hydrogen (secondary N) is 2. The van der Waals surface area contributed by atoms with Crippen molar-refractivity contribution in [3.8, 4) is 17.6 Å². The zero-order valence-corrected chi connectivity index (χ0v) is 16.0. The maximum atomic E-state index is 12.6. The molecule has 146 valence electrons. The van der Waals surface area contributed by atoms with Crippen molar-refractivity contribution in [3.63, 3.8) is 0 Å². The quantitative estimate of drug-likeness (QED) is 0.367. The molecule has 0 heterocycles. The number of hydrogen-bond donors (Lipinski definition) is 3. The number of hydrogen-bond acceptors (Lipinski definition) is 6. The first-order valence-corrected chi connectivity index (χ1v) is 10.6. The van der Waals surface area contributed by atoms with E-state index >= 15 is 0 Å². The molecule has 0 saturated heterocycles. The maximum absolute atomic E-state index is 12.6. The molecule has 3 rings (SSSR count). The molecule has 0 radical (unpaired) electrons. The van der Waals surface area contributed by atoms with Gasteiger partial charge in [0.25, 0.3) is 0 Å². The molecule has 4 unspecified atom stereocenters. The summed E-state index contributed by atoms with van der Waals surface area (Å²) >= 11 is 0. The third kappa shape index (κ3) is 4.26. The van der Waals surface area contributed by atoms with Gasteiger partial charge in [0.1, 0.15) is 18.2 Å². The van der Waals surface area contributed by atoms with Gasteiger partial charge in [0.15, 0.2) is 9.84 Å². The fourth-order valence-electron chi connectivity index (χ4n) is 4.26. The van der Waals surface area contributed by atoms with Crippen LogP contribution in [0.15, 0.2) is 29.2 Å². The van der Waals surface area contributed by atoms with Gasteiger partial charge in [-0.1, -0.05) is 5.92 Å². The minimum atomic E-state index is -3.55. The molecule has 2 saturated carbocycles. The van der Waals surface area contributed by atoms with E-state index < -0.39 is 15.7 Å². The number of benzene rings is 1. The Hall–Kier alpha value is -2.08. The number of fused-ring (bicyclic) bond motifs is 2. The van der Waals surface area contributed by atoms with Gasteiger partial charge in [-0.3, -0.25) is 15.3 Å². The Kier molecular flexibility index (Phi) is 6.05. The first kappa shape index (κ1) is 19.7. The summed E-state index contributed by atoms with van der Waals surface area (Å²) < 4.78 is 30.7. The van der Waals surface area contributed by atoms with Gasteiger partial charge >= 0.3 is 0 Å². The minimum absolute atomic E-state index is 0.190. The lowest BCUT2D eigenvalue weighted by molar-refractivity contribution is -0.135. The van der Waals surface area contributed by atoms with Crippen molar-refractivity contribution in [3.05, 3.63) is 24.3 Å². The largest absolute Gasteiger partial charge is 0.481 e. The van der Waals surface area contributed by atoms with Crippen LogP contribution in [0, 0.1) is 29.6 Å². The Morgan fingerprint density at radius 1 is 1.26 bits per heavy atom. The number of amides is 1. The molecule has 2 fully saturated rings. The van der Waals surface area contributed by atoms with Crippen LogP contribution in [0.3, 0.4) is 0 Å². The van der Waals surface area contributed by atoms with Gasteiger partial charge in [0, 0.05) is 6.04 Å². The fourth-order valence-corrected chi connectivity index (χ4v) is 5.39. The van der Waals surface area contributed by atoms with Crippen molar-refractivity contribution in [2.75, 3.05) is 12.5 Å². The zero-order chi connectivity index (χ0) is 19.4. The van der Waals surface area contributed by atoms with Gasteiger partial charge in [0.05, 0.1) is 10.8 Å². The highest BCUT2D eigenvalue weighted by atomic mass is 32.2. The van der Waals surface area contributed by atoms with E-state index in [1.807, 2.05) is 0 Å². The van der Waals surface area contributed by atoms with Gasteiger partial charge in [-0.25, -0.2) is 13.9 Å². The third-order valence-corrected chi connectivity index (χ3v) is 7.05. The molecule has 7 nitrogen and oxygen atoms in total. The second-order valence-corrected chi connectivity index (χ2v) is 9.00. The van der Waals surface area contributed by atoms with E-state index in [0.29, 0.717) is 5.75 Å². The lowest BCUT2D eigenvalue weighted by atomic mass is 9.84. The summed E-state index contributed by atoms with van der Waals surface area (Å²) in [6, 6.07) is 5.98. The Labute approximate surface area is 159 Å². The van der Waals surface area contributed by atoms with Crippen LogP contribution in [0.5, 0.6) is 5.75 Å². The second-order valence-electron chi connectivity index (χ2n) is 7.01. The van der Waals surface area contributed by atoms with E-state index in [2.05, 4.69) is 17.2 Å². The Morgan fingerprint density at radius 2 is 1.96 bits per heavy atom. The highest BCUT2D eigenvalue weighted by Crippen LogP contribution is 2.48. The molecule has 0 spiro atoms. The van der Waals surface area contributed by atoms with Crippen LogP contribution in [0.2, 0.25) is 0 Å². The van der Waals surface area contributed by atoms with E-state index in [1.165, 1.54) is 12.1 Å². The second kappa shape index (κ2) is 8.30. The van der Waals surface area contributed by atoms with Crippen molar-refractivity contribution < 1.29 is 23.2 Å². The standard InChI is InChI=1S/C19H24N2O5S/c1-2-3-10-26-15-6-8-16(9-7-15)27(24,25)12-20-18-14-5-4-13(11-14)17(18)19(22)21-23/h6-9,13-14,17-18,20,23H,4-5,10-12H2,1H3,(H,21,22). The van der Waals surface area contributed by atoms with Crippen molar-refractivity contribution in [2.24, 2.45) is 17.8 Å². The highest BCUT2D eigenvalue weighted by molar-refractivity contribution is 7.91. The number of sulfone groups is 1. The third-order valence-electron chi connectivity index (χ3n) is 5.51. The Morgan fingerprint density at radius 3 is 2.63 bits per heavy atom. The van der Waals surface area contributed by atoms with Crippen molar-refractivity contribution in [1.82, 2.24) is 10.8 Å². The Bertz CT molecular complexity index is 841. The monoisotopic (exact) mass is 392 g/mol. The van der Waals surface area contributed by atoms with Crippen molar-refractivity contribution in [2.45, 2.75) is 37.1 Å². The summed E-state index contributed by atoms with van der Waals surface area (Å²) in [4.78, 5) is 12.2. The average Bonchev–Trinajstić information content (AvgIpc) is 3.28. The summed E-state index contributed by atoms with van der Waals surface area (Å²) in [6.07, 6.45) is 2.81. The highest BCUT2D eigenvalue weighted by Gasteiger charge is 2.50. The average molecular weight is 392 g/mol. The van der Waals surface area contributed by atoms with Crippen LogP contribution in [-0.2, 0) is 14.6 Å². The summed E-state index contributed by atoms with van der Waals surface area (Å²) in [5.74, 6) is 5.43. The predicted octanol–water partition coefficient (Wildman–Crippen LogP) is 1.33. The summed E-state index contributed by atoms with van der Waals surface area (Å²) in [5, 5.41) is 12.0. The van der Waals surface area contributed by atoms with Crippen LogP contribution in [0.25, 0.3) is 0 Å². The van der Waals surface area contributed by atoms with E-state index in [0.717, 1.165) is 19.3 Å². The van der Waals surface area contributed by atoms with Gasteiger partial charge < -0.3 is 4.74 Å². The van der Waals surface area contributed by atoms with Crippen LogP contribution in [0.4, 0.5) is 0 Å². The lowest BCUT2D eigenvalue weighted by Gasteiger charge is -2.30. The summed E-state index contributed by atoms with van der Waals surface area (Å²) in [7, 11) is -3.55. The van der Waals surface area contributed by atoms with Gasteiger partial charge in [-0.2, -0.15) is 0 Å². The molecule has 27 heavy (non-hydrogen) atoms. The van der Waals surface area contributed by atoms with E-state index in [9.17, 15) is 13.2 Å². The molecule has 1 aromatic rings. The molecule has 1 aromatic carbocycles. The lowest BCUT2D eigenvalue weighted by Crippen LogP contribution is -2.48. The van der Waals surface area contributed by atoms with E-state index in [4.69, 9.17) is 9.94 Å². The molecule has 4 atom stereocenters. The minimum Gasteiger partial charge on any atom is -0.481 e. The van der Waals surface area contributed by atoms with Gasteiger partial charge in [0.2, 0.25) is 5.91 Å². The van der Waals surface area contributed by atoms with Gasteiger partial charge in [-0.15, -0.1) is 5.92 Å². The topological polar surface area (TPSA) is 105 Å². The van der Waals surface area contributed by atoms with Gasteiger partial charge in [-0.05, 0) is 62.3 Å². The van der Waals surface area contributed by atoms with Crippen molar-refractivity contribution in [1.29, 1.82) is 0 Å². The first-order valence-electron chi connectivity index (χ1n) is 8.99.